The third kappa shape index (κ3) is 3.73. The second kappa shape index (κ2) is 6.90. The topological polar surface area (TPSA) is 37.8 Å². The molecule has 3 nitrogen and oxygen atoms in total. The minimum Gasteiger partial charge on any atom is -0.314 e. The standard InChI is InChI=1S/C16H27N3S/c1-10(2)17-9-11(3)15-12(4)18-16(19-13(15)5)14-7-6-8-20-14/h10-11,14,17H,6-9H2,1-5H3. The van der Waals surface area contributed by atoms with Gasteiger partial charge in [-0.3, -0.25) is 0 Å². The van der Waals surface area contributed by atoms with Crippen LogP contribution in [-0.4, -0.2) is 28.3 Å². The lowest BCUT2D eigenvalue weighted by atomic mass is 9.97. The van der Waals surface area contributed by atoms with E-state index in [2.05, 4.69) is 39.9 Å². The highest BCUT2D eigenvalue weighted by molar-refractivity contribution is 7.99. The van der Waals surface area contributed by atoms with Gasteiger partial charge in [-0.2, -0.15) is 11.8 Å². The Balaban J connectivity index is 2.17. The number of hydrogen-bond acceptors (Lipinski definition) is 4. The van der Waals surface area contributed by atoms with Gasteiger partial charge in [-0.05, 0) is 43.9 Å². The van der Waals surface area contributed by atoms with Gasteiger partial charge in [-0.25, -0.2) is 9.97 Å². The fourth-order valence-electron chi connectivity index (χ4n) is 2.90. The predicted octanol–water partition coefficient (Wildman–Crippen LogP) is 3.76. The molecule has 1 aliphatic heterocycles. The second-order valence-electron chi connectivity index (χ2n) is 6.13. The first kappa shape index (κ1) is 15.8. The zero-order chi connectivity index (χ0) is 14.7. The van der Waals surface area contributed by atoms with Crippen LogP contribution in [0, 0.1) is 13.8 Å². The Hall–Kier alpha value is -0.610. The monoisotopic (exact) mass is 293 g/mol. The van der Waals surface area contributed by atoms with Crippen LogP contribution in [0.4, 0.5) is 0 Å². The van der Waals surface area contributed by atoms with Crippen molar-refractivity contribution in [3.8, 4) is 0 Å². The number of nitrogens with zero attached hydrogens (tertiary/aromatic N) is 2. The maximum atomic E-state index is 4.80. The van der Waals surface area contributed by atoms with Crippen LogP contribution in [0.15, 0.2) is 0 Å². The Labute approximate surface area is 127 Å². The minimum atomic E-state index is 0.461. The Kier molecular flexibility index (Phi) is 5.44. The first-order chi connectivity index (χ1) is 9.49. The van der Waals surface area contributed by atoms with Gasteiger partial charge in [0.1, 0.15) is 5.82 Å². The van der Waals surface area contributed by atoms with Gasteiger partial charge in [0.2, 0.25) is 0 Å². The number of hydrogen-bond donors (Lipinski definition) is 1. The van der Waals surface area contributed by atoms with Crippen LogP contribution < -0.4 is 5.32 Å². The average molecular weight is 293 g/mol. The molecule has 0 bridgehead atoms. The van der Waals surface area contributed by atoms with Crippen molar-refractivity contribution in [2.45, 2.75) is 64.7 Å². The Morgan fingerprint density at radius 1 is 1.20 bits per heavy atom. The quantitative estimate of drug-likeness (QED) is 0.897. The van der Waals surface area contributed by atoms with E-state index in [-0.39, 0.29) is 0 Å². The van der Waals surface area contributed by atoms with Crippen molar-refractivity contribution in [2.75, 3.05) is 12.3 Å². The van der Waals surface area contributed by atoms with E-state index in [0.717, 1.165) is 23.8 Å². The smallest absolute Gasteiger partial charge is 0.141 e. The van der Waals surface area contributed by atoms with Crippen LogP contribution in [0.2, 0.25) is 0 Å². The Bertz CT molecular complexity index is 430. The first-order valence-corrected chi connectivity index (χ1v) is 8.74. The summed E-state index contributed by atoms with van der Waals surface area (Å²) >= 11 is 2.00. The molecule has 2 rings (SSSR count). The highest BCUT2D eigenvalue weighted by Crippen LogP contribution is 2.38. The molecule has 0 saturated carbocycles. The van der Waals surface area contributed by atoms with E-state index in [4.69, 9.17) is 9.97 Å². The summed E-state index contributed by atoms with van der Waals surface area (Å²) in [6.45, 7) is 11.9. The fourth-order valence-corrected chi connectivity index (χ4v) is 4.11. The zero-order valence-electron chi connectivity index (χ0n) is 13.4. The molecular weight excluding hydrogens is 266 g/mol. The van der Waals surface area contributed by atoms with Crippen molar-refractivity contribution in [1.82, 2.24) is 15.3 Å². The molecule has 2 unspecified atom stereocenters. The fraction of sp³-hybridized carbons (Fsp3) is 0.750. The molecule has 1 saturated heterocycles. The maximum absolute atomic E-state index is 4.80. The van der Waals surface area contributed by atoms with E-state index in [9.17, 15) is 0 Å². The summed E-state index contributed by atoms with van der Waals surface area (Å²) in [4.78, 5) is 9.61. The van der Waals surface area contributed by atoms with Crippen LogP contribution in [0.25, 0.3) is 0 Å². The molecule has 1 aliphatic rings. The highest BCUT2D eigenvalue weighted by atomic mass is 32.2. The summed E-state index contributed by atoms with van der Waals surface area (Å²) in [7, 11) is 0. The minimum absolute atomic E-state index is 0.461. The molecule has 1 fully saturated rings. The molecule has 1 N–H and O–H groups in total. The molecule has 0 aromatic carbocycles. The van der Waals surface area contributed by atoms with Crippen LogP contribution in [0.3, 0.4) is 0 Å². The van der Waals surface area contributed by atoms with Gasteiger partial charge < -0.3 is 5.32 Å². The normalized spacial score (nSPS) is 20.6. The third-order valence-corrected chi connectivity index (χ3v) is 5.26. The molecule has 0 amide bonds. The number of thioether (sulfide) groups is 1. The van der Waals surface area contributed by atoms with E-state index >= 15 is 0 Å². The van der Waals surface area contributed by atoms with E-state index in [1.807, 2.05) is 11.8 Å². The highest BCUT2D eigenvalue weighted by Gasteiger charge is 2.23. The van der Waals surface area contributed by atoms with Crippen molar-refractivity contribution in [3.63, 3.8) is 0 Å². The zero-order valence-corrected chi connectivity index (χ0v) is 14.2. The molecule has 0 aliphatic carbocycles. The number of rotatable bonds is 5. The van der Waals surface area contributed by atoms with Gasteiger partial charge >= 0.3 is 0 Å². The molecule has 2 atom stereocenters. The lowest BCUT2D eigenvalue weighted by Gasteiger charge is -2.20. The predicted molar refractivity (Wildman–Crippen MR) is 87.5 cm³/mol. The van der Waals surface area contributed by atoms with Crippen molar-refractivity contribution in [3.05, 3.63) is 22.8 Å². The second-order valence-corrected chi connectivity index (χ2v) is 7.44. The number of aryl methyl sites for hydroxylation is 2. The van der Waals surface area contributed by atoms with E-state index in [1.165, 1.54) is 24.2 Å². The summed E-state index contributed by atoms with van der Waals surface area (Å²) in [6, 6.07) is 0.521. The molecule has 1 aromatic rings. The van der Waals surface area contributed by atoms with Gasteiger partial charge in [-0.15, -0.1) is 0 Å². The van der Waals surface area contributed by atoms with Crippen LogP contribution in [0.1, 0.15) is 67.6 Å². The van der Waals surface area contributed by atoms with Crippen molar-refractivity contribution >= 4 is 11.8 Å². The largest absolute Gasteiger partial charge is 0.314 e. The average Bonchev–Trinajstić information content (AvgIpc) is 2.89. The molecule has 0 spiro atoms. The maximum Gasteiger partial charge on any atom is 0.141 e. The van der Waals surface area contributed by atoms with Crippen molar-refractivity contribution in [1.29, 1.82) is 0 Å². The van der Waals surface area contributed by atoms with Gasteiger partial charge in [-0.1, -0.05) is 20.8 Å². The van der Waals surface area contributed by atoms with Crippen molar-refractivity contribution < 1.29 is 0 Å². The molecule has 2 heterocycles. The molecule has 20 heavy (non-hydrogen) atoms. The number of aromatic nitrogens is 2. The van der Waals surface area contributed by atoms with E-state index in [1.54, 1.807) is 0 Å². The summed E-state index contributed by atoms with van der Waals surface area (Å²) in [6.07, 6.45) is 2.53. The van der Waals surface area contributed by atoms with Gasteiger partial charge in [0.15, 0.2) is 0 Å². The molecule has 1 aromatic heterocycles. The number of nitrogens with one attached hydrogen (secondary N) is 1. The molecule has 112 valence electrons. The first-order valence-electron chi connectivity index (χ1n) is 7.69. The SMILES string of the molecule is Cc1nc(C2CCCS2)nc(C)c1C(C)CNC(C)C. The Morgan fingerprint density at radius 2 is 1.85 bits per heavy atom. The summed E-state index contributed by atoms with van der Waals surface area (Å²) in [5, 5.41) is 4.03. The van der Waals surface area contributed by atoms with Crippen LogP contribution >= 0.6 is 11.8 Å². The summed E-state index contributed by atoms with van der Waals surface area (Å²) in [5.41, 5.74) is 3.65. The summed E-state index contributed by atoms with van der Waals surface area (Å²) in [5.74, 6) is 2.76. The van der Waals surface area contributed by atoms with Gasteiger partial charge in [0, 0.05) is 24.0 Å². The third-order valence-electron chi connectivity index (χ3n) is 3.89. The molecular formula is C16H27N3S. The lowest BCUT2D eigenvalue weighted by molar-refractivity contribution is 0.542. The van der Waals surface area contributed by atoms with Crippen LogP contribution in [0.5, 0.6) is 0 Å². The van der Waals surface area contributed by atoms with Gasteiger partial charge in [0.25, 0.3) is 0 Å². The van der Waals surface area contributed by atoms with Crippen LogP contribution in [-0.2, 0) is 0 Å². The Morgan fingerprint density at radius 3 is 2.35 bits per heavy atom. The van der Waals surface area contributed by atoms with Gasteiger partial charge in [0.05, 0.1) is 5.25 Å². The molecule has 0 radical (unpaired) electrons. The molecule has 4 heteroatoms. The van der Waals surface area contributed by atoms with E-state index < -0.39 is 0 Å². The summed E-state index contributed by atoms with van der Waals surface area (Å²) < 4.78 is 0. The van der Waals surface area contributed by atoms with E-state index in [0.29, 0.717) is 17.2 Å². The lowest BCUT2D eigenvalue weighted by Crippen LogP contribution is -2.28. The van der Waals surface area contributed by atoms with Crippen molar-refractivity contribution in [2.24, 2.45) is 0 Å².